The first kappa shape index (κ1) is 5.36. The van der Waals surface area contributed by atoms with Crippen molar-refractivity contribution in [1.82, 2.24) is 0 Å². The molecule has 0 spiro atoms. The van der Waals surface area contributed by atoms with Crippen molar-refractivity contribution in [2.45, 2.75) is 37.6 Å². The van der Waals surface area contributed by atoms with Crippen molar-refractivity contribution >= 4 is 10.2 Å². The van der Waals surface area contributed by atoms with Crippen molar-refractivity contribution in [3.63, 3.8) is 0 Å². The maximum absolute atomic E-state index is 1.55. The summed E-state index contributed by atoms with van der Waals surface area (Å²) >= 11 is 0. The molecule has 0 unspecified atom stereocenters. The molecule has 0 aromatic carbocycles. The van der Waals surface area contributed by atoms with Crippen LogP contribution in [-0.2, 0) is 0 Å². The van der Waals surface area contributed by atoms with E-state index >= 15 is 0 Å². The Balaban J connectivity index is 2.12. The van der Waals surface area contributed by atoms with E-state index in [4.69, 9.17) is 0 Å². The van der Waals surface area contributed by atoms with E-state index in [2.05, 4.69) is 0 Å². The maximum atomic E-state index is 1.55. The normalized spacial score (nSPS) is 25.7. The number of hydrogen-bond acceptors (Lipinski definition) is 0. The summed E-state index contributed by atoms with van der Waals surface area (Å²) in [5, 5.41) is 0. The average molecular weight is 114 g/mol. The fourth-order valence-corrected chi connectivity index (χ4v) is 2.12. The standard InChI is InChI=1S/C6H14Si/c7-6-4-2-1-3-5-6/h6H,1-5H2,7H3. The van der Waals surface area contributed by atoms with E-state index in [1.165, 1.54) is 35.0 Å². The third-order valence-electron chi connectivity index (χ3n) is 1.89. The smallest absolute Gasteiger partial charge is 0.00672 e. The first-order chi connectivity index (χ1) is 3.39. The molecule has 1 saturated carbocycles. The highest BCUT2D eigenvalue weighted by molar-refractivity contribution is 6.11. The fraction of sp³-hybridized carbons (Fsp3) is 1.00. The largest absolute Gasteiger partial charge is 0.0546 e. The van der Waals surface area contributed by atoms with Crippen molar-refractivity contribution in [3.8, 4) is 0 Å². The minimum atomic E-state index is 1.17. The van der Waals surface area contributed by atoms with Crippen LogP contribution in [0.1, 0.15) is 32.1 Å². The van der Waals surface area contributed by atoms with Crippen molar-refractivity contribution < 1.29 is 0 Å². The molecule has 1 rings (SSSR count). The molecule has 0 aliphatic heterocycles. The SMILES string of the molecule is [SiH3]C1CCCCC1. The van der Waals surface area contributed by atoms with Gasteiger partial charge in [-0.05, 0) is 0 Å². The molecule has 0 N–H and O–H groups in total. The van der Waals surface area contributed by atoms with Gasteiger partial charge in [-0.2, -0.15) is 0 Å². The van der Waals surface area contributed by atoms with E-state index in [0.29, 0.717) is 0 Å². The third kappa shape index (κ3) is 1.64. The van der Waals surface area contributed by atoms with E-state index in [-0.39, 0.29) is 0 Å². The summed E-state index contributed by atoms with van der Waals surface area (Å²) < 4.78 is 0. The van der Waals surface area contributed by atoms with Gasteiger partial charge in [0, 0.05) is 10.2 Å². The zero-order valence-electron chi connectivity index (χ0n) is 5.11. The minimum absolute atomic E-state index is 1.17. The van der Waals surface area contributed by atoms with Crippen LogP contribution >= 0.6 is 0 Å². The summed E-state index contributed by atoms with van der Waals surface area (Å²) in [7, 11) is 1.45. The average Bonchev–Trinajstić information content (AvgIpc) is 1.69. The summed E-state index contributed by atoms with van der Waals surface area (Å²) in [4.78, 5) is 0. The highest BCUT2D eigenvalue weighted by Crippen LogP contribution is 2.24. The van der Waals surface area contributed by atoms with Gasteiger partial charge in [0.25, 0.3) is 0 Å². The quantitative estimate of drug-likeness (QED) is 0.414. The molecule has 0 atom stereocenters. The van der Waals surface area contributed by atoms with E-state index in [9.17, 15) is 0 Å². The lowest BCUT2D eigenvalue weighted by Gasteiger charge is -2.15. The molecule has 1 aliphatic carbocycles. The Morgan fingerprint density at radius 3 is 1.86 bits per heavy atom. The molecule has 42 valence electrons. The van der Waals surface area contributed by atoms with Crippen molar-refractivity contribution in [2.24, 2.45) is 0 Å². The Morgan fingerprint density at radius 2 is 1.57 bits per heavy atom. The van der Waals surface area contributed by atoms with Crippen LogP contribution in [0.25, 0.3) is 0 Å². The summed E-state index contributed by atoms with van der Waals surface area (Å²) in [6.45, 7) is 0. The van der Waals surface area contributed by atoms with Crippen LogP contribution in [0.4, 0.5) is 0 Å². The van der Waals surface area contributed by atoms with Crippen molar-refractivity contribution in [3.05, 3.63) is 0 Å². The Morgan fingerprint density at radius 1 is 1.00 bits per heavy atom. The van der Waals surface area contributed by atoms with Gasteiger partial charge in [0.1, 0.15) is 0 Å². The van der Waals surface area contributed by atoms with Gasteiger partial charge in [-0.3, -0.25) is 0 Å². The molecule has 0 heterocycles. The summed E-state index contributed by atoms with van der Waals surface area (Å²) in [6, 6.07) is 0. The lowest BCUT2D eigenvalue weighted by atomic mass is 10.0. The summed E-state index contributed by atoms with van der Waals surface area (Å²) in [6.07, 6.45) is 7.65. The molecule has 0 bridgehead atoms. The van der Waals surface area contributed by atoms with Crippen LogP contribution < -0.4 is 0 Å². The molecule has 1 fully saturated rings. The second kappa shape index (κ2) is 2.51. The van der Waals surface area contributed by atoms with Crippen LogP contribution in [-0.4, -0.2) is 10.2 Å². The van der Waals surface area contributed by atoms with Gasteiger partial charge in [0.2, 0.25) is 0 Å². The van der Waals surface area contributed by atoms with Crippen molar-refractivity contribution in [2.75, 3.05) is 0 Å². The predicted octanol–water partition coefficient (Wildman–Crippen LogP) is 1.10. The molecule has 1 heteroatoms. The molecule has 0 nitrogen and oxygen atoms in total. The van der Waals surface area contributed by atoms with Crippen LogP contribution in [0, 0.1) is 0 Å². The van der Waals surface area contributed by atoms with Gasteiger partial charge in [-0.15, -0.1) is 0 Å². The summed E-state index contributed by atoms with van der Waals surface area (Å²) in [5.41, 5.74) is 1.17. The molecular formula is C6H14Si. The Kier molecular flexibility index (Phi) is 1.92. The van der Waals surface area contributed by atoms with Gasteiger partial charge in [0.15, 0.2) is 0 Å². The van der Waals surface area contributed by atoms with E-state index in [1.54, 1.807) is 12.8 Å². The zero-order valence-corrected chi connectivity index (χ0v) is 7.11. The molecule has 1 aliphatic rings. The van der Waals surface area contributed by atoms with Gasteiger partial charge in [-0.1, -0.05) is 37.6 Å². The molecule has 7 heavy (non-hydrogen) atoms. The van der Waals surface area contributed by atoms with Gasteiger partial charge in [-0.25, -0.2) is 0 Å². The highest BCUT2D eigenvalue weighted by Gasteiger charge is 2.05. The van der Waals surface area contributed by atoms with Crippen LogP contribution in [0.3, 0.4) is 0 Å². The lowest BCUT2D eigenvalue weighted by Crippen LogP contribution is -1.98. The van der Waals surface area contributed by atoms with Crippen LogP contribution in [0.2, 0.25) is 5.54 Å². The van der Waals surface area contributed by atoms with Gasteiger partial charge in [0.05, 0.1) is 0 Å². The maximum Gasteiger partial charge on any atom is 0.00672 e. The number of rotatable bonds is 0. The van der Waals surface area contributed by atoms with E-state index in [0.717, 1.165) is 0 Å². The predicted molar refractivity (Wildman–Crippen MR) is 36.8 cm³/mol. The van der Waals surface area contributed by atoms with Gasteiger partial charge < -0.3 is 0 Å². The minimum Gasteiger partial charge on any atom is -0.0546 e. The van der Waals surface area contributed by atoms with Crippen molar-refractivity contribution in [1.29, 1.82) is 0 Å². The lowest BCUT2D eigenvalue weighted by molar-refractivity contribution is 0.504. The second-order valence-electron chi connectivity index (χ2n) is 2.74. The molecule has 0 radical (unpaired) electrons. The third-order valence-corrected chi connectivity index (χ3v) is 3.05. The number of hydrogen-bond donors (Lipinski definition) is 0. The zero-order chi connectivity index (χ0) is 5.11. The molecule has 0 aromatic rings. The van der Waals surface area contributed by atoms with Crippen LogP contribution in [0.5, 0.6) is 0 Å². The molecule has 0 aromatic heterocycles. The molecule has 0 saturated heterocycles. The van der Waals surface area contributed by atoms with E-state index in [1.807, 2.05) is 0 Å². The monoisotopic (exact) mass is 114 g/mol. The highest BCUT2D eigenvalue weighted by atomic mass is 28.1. The van der Waals surface area contributed by atoms with Crippen LogP contribution in [0.15, 0.2) is 0 Å². The topological polar surface area (TPSA) is 0 Å². The molecule has 0 amide bonds. The first-order valence-electron chi connectivity index (χ1n) is 3.39. The molecular weight excluding hydrogens is 100 g/mol. The van der Waals surface area contributed by atoms with Gasteiger partial charge >= 0.3 is 0 Å². The summed E-state index contributed by atoms with van der Waals surface area (Å²) in [5.74, 6) is 0. The Bertz CT molecular complexity index is 46.1. The Labute approximate surface area is 48.7 Å². The first-order valence-corrected chi connectivity index (χ1v) is 4.55. The fourth-order valence-electron chi connectivity index (χ4n) is 1.31. The second-order valence-corrected chi connectivity index (χ2v) is 4.38. The Hall–Kier alpha value is 0.217. The van der Waals surface area contributed by atoms with E-state index < -0.39 is 0 Å².